The van der Waals surface area contributed by atoms with E-state index in [1.807, 2.05) is 55.5 Å². The van der Waals surface area contributed by atoms with E-state index in [0.717, 1.165) is 39.4 Å². The Morgan fingerprint density at radius 3 is 2.68 bits per heavy atom. The van der Waals surface area contributed by atoms with E-state index in [-0.39, 0.29) is 5.84 Å². The van der Waals surface area contributed by atoms with Crippen LogP contribution in [-0.2, 0) is 10.8 Å². The van der Waals surface area contributed by atoms with Gasteiger partial charge in [0.05, 0.1) is 16.3 Å². The topological polar surface area (TPSA) is 105 Å². The van der Waals surface area contributed by atoms with E-state index in [1.165, 1.54) is 0 Å². The van der Waals surface area contributed by atoms with E-state index in [1.54, 1.807) is 0 Å². The molecule has 0 saturated heterocycles. The van der Waals surface area contributed by atoms with Gasteiger partial charge < -0.3 is 10.2 Å². The van der Waals surface area contributed by atoms with Crippen LogP contribution in [0.5, 0.6) is 0 Å². The fraction of sp³-hybridized carbons (Fsp3) is 0.304. The number of aryl methyl sites for hydroxylation is 1. The van der Waals surface area contributed by atoms with Gasteiger partial charge in [0, 0.05) is 53.8 Å². The molecular weight excluding hydrogens is 408 g/mol. The molecule has 0 aliphatic rings. The maximum Gasteiger partial charge on any atom is 0.144 e. The summed E-state index contributed by atoms with van der Waals surface area (Å²) in [5, 5.41) is 15.1. The lowest BCUT2D eigenvalue weighted by atomic mass is 10.1. The molecule has 0 amide bonds. The lowest BCUT2D eigenvalue weighted by molar-refractivity contribution is 0.681. The first kappa shape index (κ1) is 22.6. The zero-order valence-corrected chi connectivity index (χ0v) is 18.7. The van der Waals surface area contributed by atoms with Gasteiger partial charge in [0.1, 0.15) is 11.7 Å². The first-order valence-corrected chi connectivity index (χ1v) is 11.6. The predicted octanol–water partition coefficient (Wildman–Crippen LogP) is 4.99. The Bertz CT molecular complexity index is 1090. The Hall–Kier alpha value is -3.13. The molecule has 1 heterocycles. The van der Waals surface area contributed by atoms with Gasteiger partial charge in [0.15, 0.2) is 0 Å². The van der Waals surface area contributed by atoms with Gasteiger partial charge in [-0.2, -0.15) is 0 Å². The average molecular weight is 437 g/mol. The molecule has 1 unspecified atom stereocenters. The summed E-state index contributed by atoms with van der Waals surface area (Å²) < 4.78 is 12.7. The Morgan fingerprint density at radius 2 is 1.97 bits per heavy atom. The number of nitrogens with zero attached hydrogens (tertiary/aromatic N) is 3. The number of hydrogen-bond acceptors (Lipinski definition) is 6. The summed E-state index contributed by atoms with van der Waals surface area (Å²) in [5.74, 6) is 1.39. The van der Waals surface area contributed by atoms with Crippen LogP contribution in [0.1, 0.15) is 18.9 Å². The highest BCUT2D eigenvalue weighted by Gasteiger charge is 2.13. The van der Waals surface area contributed by atoms with E-state index in [0.29, 0.717) is 25.3 Å². The van der Waals surface area contributed by atoms with Crippen molar-refractivity contribution in [2.24, 2.45) is 5.11 Å². The van der Waals surface area contributed by atoms with Crippen LogP contribution in [0.15, 0.2) is 64.6 Å². The van der Waals surface area contributed by atoms with Crippen molar-refractivity contribution in [2.75, 3.05) is 35.6 Å². The number of pyridine rings is 1. The first-order chi connectivity index (χ1) is 15.0. The number of rotatable bonds is 10. The molecule has 8 heteroatoms. The van der Waals surface area contributed by atoms with Gasteiger partial charge in [0.2, 0.25) is 0 Å². The third-order valence-corrected chi connectivity index (χ3v) is 6.37. The maximum atomic E-state index is 12.7. The van der Waals surface area contributed by atoms with E-state index < -0.39 is 10.8 Å². The monoisotopic (exact) mass is 436 g/mol. The van der Waals surface area contributed by atoms with Crippen LogP contribution < -0.4 is 10.2 Å². The quantitative estimate of drug-likeness (QED) is 0.236. The summed E-state index contributed by atoms with van der Waals surface area (Å²) in [6, 6.07) is 17.7. The molecule has 0 aliphatic heterocycles. The van der Waals surface area contributed by atoms with Crippen molar-refractivity contribution in [2.45, 2.75) is 25.2 Å². The number of aromatic nitrogens is 1. The molecule has 1 atom stereocenters. The summed E-state index contributed by atoms with van der Waals surface area (Å²) in [4.78, 5) is 7.82. The third kappa shape index (κ3) is 5.95. The summed E-state index contributed by atoms with van der Waals surface area (Å²) >= 11 is 0. The second kappa shape index (κ2) is 10.8. The molecule has 3 N–H and O–H groups in total. The fourth-order valence-electron chi connectivity index (χ4n) is 3.32. The Balaban J connectivity index is 1.83. The molecule has 0 radical (unpaired) electrons. The van der Waals surface area contributed by atoms with Gasteiger partial charge in [0.25, 0.3) is 0 Å². The van der Waals surface area contributed by atoms with Crippen molar-refractivity contribution in [3.63, 3.8) is 0 Å². The molecule has 0 fully saturated rings. The van der Waals surface area contributed by atoms with Gasteiger partial charge in [-0.15, -0.1) is 5.11 Å². The minimum Gasteiger partial charge on any atom is -0.384 e. The maximum absolute atomic E-state index is 12.7. The van der Waals surface area contributed by atoms with Crippen LogP contribution in [0.3, 0.4) is 0 Å². The van der Waals surface area contributed by atoms with Crippen LogP contribution in [0.2, 0.25) is 0 Å². The smallest absolute Gasteiger partial charge is 0.144 e. The van der Waals surface area contributed by atoms with Crippen molar-refractivity contribution >= 4 is 39.0 Å². The number of benzene rings is 2. The van der Waals surface area contributed by atoms with Gasteiger partial charge in [-0.25, -0.2) is 10.5 Å². The minimum absolute atomic E-state index is 0.0424. The number of amidine groups is 1. The third-order valence-electron chi connectivity index (χ3n) is 5.02. The first-order valence-electron chi connectivity index (χ1n) is 10.3. The molecule has 0 spiro atoms. The normalized spacial score (nSPS) is 11.8. The Labute approximate surface area is 185 Å². The highest BCUT2D eigenvalue weighted by atomic mass is 32.2. The molecule has 1 aromatic heterocycles. The van der Waals surface area contributed by atoms with Crippen molar-refractivity contribution in [1.29, 1.82) is 10.9 Å². The van der Waals surface area contributed by atoms with Crippen LogP contribution in [-0.4, -0.2) is 40.4 Å². The predicted molar refractivity (Wildman–Crippen MR) is 128 cm³/mol. The number of fused-ring (bicyclic) bond motifs is 1. The minimum atomic E-state index is -1.06. The van der Waals surface area contributed by atoms with Gasteiger partial charge in [-0.3, -0.25) is 9.62 Å². The zero-order valence-electron chi connectivity index (χ0n) is 17.9. The van der Waals surface area contributed by atoms with Crippen molar-refractivity contribution in [3.8, 4) is 0 Å². The summed E-state index contributed by atoms with van der Waals surface area (Å²) in [6.45, 7) is 6.00. The highest BCUT2D eigenvalue weighted by molar-refractivity contribution is 7.85. The molecule has 31 heavy (non-hydrogen) atoms. The van der Waals surface area contributed by atoms with Crippen LogP contribution in [0.4, 0.5) is 11.5 Å². The lowest BCUT2D eigenvalue weighted by Crippen LogP contribution is -2.28. The SMILES string of the molecule is CCN(CCS(=O)c1ccccc1)c1cc(NCCC(=N)N=N)c2cc(C)ccc2n1. The molecule has 0 saturated carbocycles. The molecule has 7 nitrogen and oxygen atoms in total. The van der Waals surface area contributed by atoms with Crippen molar-refractivity contribution in [3.05, 3.63) is 60.2 Å². The zero-order chi connectivity index (χ0) is 22.2. The van der Waals surface area contributed by atoms with Crippen molar-refractivity contribution < 1.29 is 4.21 Å². The summed E-state index contributed by atoms with van der Waals surface area (Å²) in [7, 11) is -1.06. The highest BCUT2D eigenvalue weighted by Crippen LogP contribution is 2.28. The summed E-state index contributed by atoms with van der Waals surface area (Å²) in [5.41, 5.74) is 9.90. The molecular formula is C23H28N6OS. The summed E-state index contributed by atoms with van der Waals surface area (Å²) in [6.07, 6.45) is 0.377. The van der Waals surface area contributed by atoms with Gasteiger partial charge in [-0.1, -0.05) is 29.8 Å². The molecule has 2 aromatic carbocycles. The lowest BCUT2D eigenvalue weighted by Gasteiger charge is -2.23. The Kier molecular flexibility index (Phi) is 7.83. The second-order valence-corrected chi connectivity index (χ2v) is 8.80. The molecule has 3 aromatic rings. The molecule has 162 valence electrons. The standard InChI is InChI=1S/C23H28N6OS/c1-3-29(13-14-31(30)18-7-5-4-6-8-18)23-16-21(26-12-11-22(24)28-25)19-15-17(2)9-10-20(19)27-23/h4-10,15-16,24-25H,3,11-14H2,1-2H3,(H,26,27). The fourth-order valence-corrected chi connectivity index (χ4v) is 4.41. The van der Waals surface area contributed by atoms with E-state index in [9.17, 15) is 4.21 Å². The van der Waals surface area contributed by atoms with E-state index in [2.05, 4.69) is 28.3 Å². The van der Waals surface area contributed by atoms with E-state index in [4.69, 9.17) is 15.9 Å². The van der Waals surface area contributed by atoms with Gasteiger partial charge in [-0.05, 0) is 38.1 Å². The van der Waals surface area contributed by atoms with Crippen molar-refractivity contribution in [1.82, 2.24) is 4.98 Å². The molecule has 3 rings (SSSR count). The number of hydrogen-bond donors (Lipinski definition) is 3. The van der Waals surface area contributed by atoms with Crippen LogP contribution >= 0.6 is 0 Å². The van der Waals surface area contributed by atoms with Crippen LogP contribution in [0, 0.1) is 17.9 Å². The Morgan fingerprint density at radius 1 is 1.19 bits per heavy atom. The average Bonchev–Trinajstić information content (AvgIpc) is 2.80. The van der Waals surface area contributed by atoms with Crippen LogP contribution in [0.25, 0.3) is 10.9 Å². The molecule has 0 aliphatic carbocycles. The van der Waals surface area contributed by atoms with E-state index >= 15 is 0 Å². The number of anilines is 2. The largest absolute Gasteiger partial charge is 0.384 e. The molecule has 0 bridgehead atoms. The van der Waals surface area contributed by atoms with Gasteiger partial charge >= 0.3 is 0 Å². The number of nitrogens with one attached hydrogen (secondary N) is 3. The second-order valence-electron chi connectivity index (χ2n) is 7.23.